The number of aromatic nitrogens is 1. The van der Waals surface area contributed by atoms with Crippen LogP contribution in [-0.2, 0) is 6.42 Å². The monoisotopic (exact) mass is 245 g/mol. The molecule has 1 aromatic rings. The highest BCUT2D eigenvalue weighted by molar-refractivity contribution is 9.09. The summed E-state index contributed by atoms with van der Waals surface area (Å²) in [6.45, 7) is 8.14. The summed E-state index contributed by atoms with van der Waals surface area (Å²) in [6.07, 6.45) is 1.01. The van der Waals surface area contributed by atoms with Gasteiger partial charge in [-0.25, -0.2) is 4.98 Å². The van der Waals surface area contributed by atoms with E-state index in [2.05, 4.69) is 34.4 Å². The Kier molecular flexibility index (Phi) is 3.47. The highest BCUT2D eigenvalue weighted by Crippen LogP contribution is 2.26. The van der Waals surface area contributed by atoms with E-state index in [9.17, 15) is 0 Å². The van der Waals surface area contributed by atoms with E-state index in [0.29, 0.717) is 0 Å². The SMILES string of the molecule is C=C(CBr)c1sc(CC)nc1C. The highest BCUT2D eigenvalue weighted by Gasteiger charge is 2.07. The predicted octanol–water partition coefficient (Wildman–Crippen LogP) is 3.42. The molecular weight excluding hydrogens is 234 g/mol. The third-order valence-electron chi connectivity index (χ3n) is 1.63. The van der Waals surface area contributed by atoms with Crippen molar-refractivity contribution in [1.29, 1.82) is 0 Å². The van der Waals surface area contributed by atoms with Crippen LogP contribution in [0.25, 0.3) is 5.57 Å². The quantitative estimate of drug-likeness (QED) is 0.744. The number of allylic oxidation sites excluding steroid dienone is 1. The lowest BCUT2D eigenvalue weighted by atomic mass is 10.2. The number of thiazole rings is 1. The molecule has 0 bridgehead atoms. The van der Waals surface area contributed by atoms with E-state index >= 15 is 0 Å². The van der Waals surface area contributed by atoms with E-state index in [4.69, 9.17) is 0 Å². The van der Waals surface area contributed by atoms with Gasteiger partial charge < -0.3 is 0 Å². The Morgan fingerprint density at radius 2 is 2.33 bits per heavy atom. The van der Waals surface area contributed by atoms with Crippen molar-refractivity contribution < 1.29 is 0 Å². The lowest BCUT2D eigenvalue weighted by Crippen LogP contribution is -1.82. The van der Waals surface area contributed by atoms with Crippen molar-refractivity contribution in [1.82, 2.24) is 4.98 Å². The standard InChI is InChI=1S/C9H12BrNS/c1-4-8-11-7(3)9(12-8)6(2)5-10/h2,4-5H2,1,3H3. The van der Waals surface area contributed by atoms with E-state index in [0.717, 1.165) is 23.0 Å². The lowest BCUT2D eigenvalue weighted by molar-refractivity contribution is 1.07. The number of alkyl halides is 1. The van der Waals surface area contributed by atoms with Gasteiger partial charge in [-0.2, -0.15) is 0 Å². The van der Waals surface area contributed by atoms with Gasteiger partial charge in [-0.15, -0.1) is 11.3 Å². The molecule has 0 aliphatic rings. The summed E-state index contributed by atoms with van der Waals surface area (Å²) in [5, 5.41) is 2.03. The summed E-state index contributed by atoms with van der Waals surface area (Å²) in [5.41, 5.74) is 2.24. The Hall–Kier alpha value is -0.150. The van der Waals surface area contributed by atoms with Gasteiger partial charge in [-0.3, -0.25) is 0 Å². The fourth-order valence-corrected chi connectivity index (χ4v) is 2.43. The van der Waals surface area contributed by atoms with E-state index in [1.807, 2.05) is 6.92 Å². The van der Waals surface area contributed by atoms with Gasteiger partial charge in [-0.1, -0.05) is 29.4 Å². The molecule has 3 heteroatoms. The van der Waals surface area contributed by atoms with Crippen molar-refractivity contribution in [3.8, 4) is 0 Å². The van der Waals surface area contributed by atoms with Crippen molar-refractivity contribution in [2.45, 2.75) is 20.3 Å². The Balaban J connectivity index is 2.99. The molecule has 0 aromatic carbocycles. The second kappa shape index (κ2) is 4.19. The maximum absolute atomic E-state index is 4.44. The van der Waals surface area contributed by atoms with Crippen LogP contribution in [0, 0.1) is 6.92 Å². The first-order chi connectivity index (χ1) is 5.69. The summed E-state index contributed by atoms with van der Waals surface area (Å²) >= 11 is 5.15. The number of rotatable bonds is 3. The van der Waals surface area contributed by atoms with Gasteiger partial charge >= 0.3 is 0 Å². The zero-order valence-electron chi connectivity index (χ0n) is 7.35. The van der Waals surface area contributed by atoms with Crippen LogP contribution in [0.4, 0.5) is 0 Å². The van der Waals surface area contributed by atoms with Crippen LogP contribution in [0.5, 0.6) is 0 Å². The van der Waals surface area contributed by atoms with Crippen molar-refractivity contribution in [3.05, 3.63) is 22.2 Å². The molecule has 0 aliphatic carbocycles. The predicted molar refractivity (Wildman–Crippen MR) is 59.1 cm³/mol. The van der Waals surface area contributed by atoms with Crippen LogP contribution in [0.3, 0.4) is 0 Å². The Labute approximate surface area is 85.7 Å². The average molecular weight is 246 g/mol. The molecule has 0 atom stereocenters. The van der Waals surface area contributed by atoms with Crippen molar-refractivity contribution in [2.24, 2.45) is 0 Å². The van der Waals surface area contributed by atoms with Gasteiger partial charge in [-0.05, 0) is 18.9 Å². The summed E-state index contributed by atoms with van der Waals surface area (Å²) < 4.78 is 0. The molecule has 1 aromatic heterocycles. The van der Waals surface area contributed by atoms with Crippen LogP contribution < -0.4 is 0 Å². The first kappa shape index (κ1) is 9.93. The molecule has 0 N–H and O–H groups in total. The zero-order chi connectivity index (χ0) is 9.14. The molecular formula is C9H12BrNS. The molecule has 0 saturated carbocycles. The van der Waals surface area contributed by atoms with Gasteiger partial charge in [0.15, 0.2) is 0 Å². The van der Waals surface area contributed by atoms with Crippen molar-refractivity contribution in [2.75, 3.05) is 5.33 Å². The second-order valence-corrected chi connectivity index (χ2v) is 4.26. The van der Waals surface area contributed by atoms with Gasteiger partial charge in [0.05, 0.1) is 15.6 Å². The molecule has 0 aliphatic heterocycles. The molecule has 0 spiro atoms. The summed E-state index contributed by atoms with van der Waals surface area (Å²) in [4.78, 5) is 5.67. The molecule has 0 fully saturated rings. The van der Waals surface area contributed by atoms with Gasteiger partial charge in [0.1, 0.15) is 0 Å². The molecule has 0 saturated heterocycles. The molecule has 0 unspecified atom stereocenters. The topological polar surface area (TPSA) is 12.9 Å². The minimum Gasteiger partial charge on any atom is -0.246 e. The minimum absolute atomic E-state index is 0.833. The van der Waals surface area contributed by atoms with Crippen molar-refractivity contribution in [3.63, 3.8) is 0 Å². The molecule has 0 radical (unpaired) electrons. The number of hydrogen-bond acceptors (Lipinski definition) is 2. The van der Waals surface area contributed by atoms with E-state index in [-0.39, 0.29) is 0 Å². The van der Waals surface area contributed by atoms with Crippen LogP contribution in [0.1, 0.15) is 22.5 Å². The highest BCUT2D eigenvalue weighted by atomic mass is 79.9. The number of hydrogen-bond donors (Lipinski definition) is 0. The van der Waals surface area contributed by atoms with Crippen LogP contribution >= 0.6 is 27.3 Å². The lowest BCUT2D eigenvalue weighted by Gasteiger charge is -1.95. The molecule has 0 amide bonds. The molecule has 1 nitrogen and oxygen atoms in total. The molecule has 12 heavy (non-hydrogen) atoms. The Morgan fingerprint density at radius 3 is 2.75 bits per heavy atom. The van der Waals surface area contributed by atoms with Gasteiger partial charge in [0.25, 0.3) is 0 Å². The maximum Gasteiger partial charge on any atom is 0.0931 e. The largest absolute Gasteiger partial charge is 0.246 e. The average Bonchev–Trinajstić information content (AvgIpc) is 2.45. The Morgan fingerprint density at radius 1 is 1.67 bits per heavy atom. The number of nitrogens with zero attached hydrogens (tertiary/aromatic N) is 1. The van der Waals surface area contributed by atoms with Crippen molar-refractivity contribution >= 4 is 32.8 Å². The van der Waals surface area contributed by atoms with Gasteiger partial charge in [0.2, 0.25) is 0 Å². The summed E-state index contributed by atoms with van der Waals surface area (Å²) in [5.74, 6) is 0. The van der Waals surface area contributed by atoms with Gasteiger partial charge in [0, 0.05) is 5.33 Å². The van der Waals surface area contributed by atoms with E-state index in [1.165, 1.54) is 9.88 Å². The van der Waals surface area contributed by atoms with E-state index < -0.39 is 0 Å². The Bertz CT molecular complexity index is 291. The third-order valence-corrected chi connectivity index (χ3v) is 3.71. The fourth-order valence-electron chi connectivity index (χ4n) is 0.992. The third kappa shape index (κ3) is 1.96. The second-order valence-electron chi connectivity index (χ2n) is 2.61. The van der Waals surface area contributed by atoms with E-state index in [1.54, 1.807) is 11.3 Å². The van der Waals surface area contributed by atoms with Crippen LogP contribution in [0.2, 0.25) is 0 Å². The number of aryl methyl sites for hydroxylation is 2. The summed E-state index contributed by atoms with van der Waals surface area (Å²) in [6, 6.07) is 0. The van der Waals surface area contributed by atoms with Crippen LogP contribution in [0.15, 0.2) is 6.58 Å². The smallest absolute Gasteiger partial charge is 0.0931 e. The summed E-state index contributed by atoms with van der Waals surface area (Å²) in [7, 11) is 0. The minimum atomic E-state index is 0.833. The maximum atomic E-state index is 4.44. The molecule has 1 rings (SSSR count). The van der Waals surface area contributed by atoms with Crippen LogP contribution in [-0.4, -0.2) is 10.3 Å². The first-order valence-corrected chi connectivity index (χ1v) is 5.83. The number of halogens is 1. The zero-order valence-corrected chi connectivity index (χ0v) is 9.76. The first-order valence-electron chi connectivity index (χ1n) is 3.89. The molecule has 1 heterocycles. The molecule has 66 valence electrons. The normalized spacial score (nSPS) is 10.2. The fraction of sp³-hybridized carbons (Fsp3) is 0.444.